The maximum Gasteiger partial charge on any atom is 0.279 e. The lowest BCUT2D eigenvalue weighted by atomic mass is 10.1. The summed E-state index contributed by atoms with van der Waals surface area (Å²) >= 11 is 0. The summed E-state index contributed by atoms with van der Waals surface area (Å²) in [5, 5.41) is 5.79. The average molecular weight is 429 g/mol. The summed E-state index contributed by atoms with van der Waals surface area (Å²) in [6.07, 6.45) is 3.43. The Morgan fingerprint density at radius 2 is 1.26 bits per heavy atom. The molecule has 1 aliphatic heterocycles. The zero-order valence-electron chi connectivity index (χ0n) is 18.2. The molecule has 7 heteroatoms. The number of quaternary nitrogens is 2. The van der Waals surface area contributed by atoms with E-state index in [9.17, 15) is 14.0 Å². The second-order valence-electron chi connectivity index (χ2n) is 8.26. The predicted molar refractivity (Wildman–Crippen MR) is 120 cm³/mol. The molecule has 0 aliphatic carbocycles. The van der Waals surface area contributed by atoms with E-state index in [2.05, 4.69) is 29.7 Å². The van der Waals surface area contributed by atoms with Gasteiger partial charge in [0.05, 0.1) is 0 Å². The fourth-order valence-corrected chi connectivity index (χ4v) is 3.84. The van der Waals surface area contributed by atoms with Crippen LogP contribution < -0.4 is 20.4 Å². The highest BCUT2D eigenvalue weighted by Gasteiger charge is 2.26. The van der Waals surface area contributed by atoms with E-state index < -0.39 is 0 Å². The lowest BCUT2D eigenvalue weighted by Gasteiger charge is -2.29. The number of aryl methyl sites for hydroxylation is 1. The zero-order chi connectivity index (χ0) is 22.1. The first-order chi connectivity index (χ1) is 15.0. The smallest absolute Gasteiger partial charge is 0.279 e. The Labute approximate surface area is 183 Å². The summed E-state index contributed by atoms with van der Waals surface area (Å²) < 4.78 is 13.0. The third-order valence-electron chi connectivity index (χ3n) is 5.67. The van der Waals surface area contributed by atoms with Gasteiger partial charge in [-0.1, -0.05) is 25.5 Å². The molecular formula is C24H33FN4O2+2. The molecule has 6 nitrogen and oxygen atoms in total. The maximum atomic E-state index is 13.0. The first-order valence-corrected chi connectivity index (χ1v) is 11.1. The highest BCUT2D eigenvalue weighted by molar-refractivity contribution is 5.92. The first kappa shape index (κ1) is 22.9. The number of amides is 2. The van der Waals surface area contributed by atoms with E-state index in [4.69, 9.17) is 0 Å². The number of hydrogen-bond acceptors (Lipinski definition) is 2. The molecule has 2 amide bonds. The Morgan fingerprint density at radius 1 is 0.806 bits per heavy atom. The van der Waals surface area contributed by atoms with Crippen molar-refractivity contribution in [1.29, 1.82) is 0 Å². The van der Waals surface area contributed by atoms with Crippen molar-refractivity contribution in [1.82, 2.24) is 0 Å². The molecule has 0 spiro atoms. The molecule has 3 rings (SSSR count). The molecule has 1 saturated heterocycles. The molecule has 4 N–H and O–H groups in total. The van der Waals surface area contributed by atoms with E-state index in [1.54, 1.807) is 12.1 Å². The minimum atomic E-state index is -0.323. The fraction of sp³-hybridized carbons (Fsp3) is 0.417. The van der Waals surface area contributed by atoms with Crippen molar-refractivity contribution in [3.63, 3.8) is 0 Å². The third kappa shape index (κ3) is 7.77. The molecule has 2 aromatic carbocycles. The molecule has 166 valence electrons. The lowest BCUT2D eigenvalue weighted by Crippen LogP contribution is -3.28. The number of anilines is 2. The molecule has 1 fully saturated rings. The molecule has 31 heavy (non-hydrogen) atoms. The van der Waals surface area contributed by atoms with Gasteiger partial charge in [0, 0.05) is 11.4 Å². The van der Waals surface area contributed by atoms with Gasteiger partial charge in [-0.3, -0.25) is 9.59 Å². The summed E-state index contributed by atoms with van der Waals surface area (Å²) in [4.78, 5) is 27.0. The quantitative estimate of drug-likeness (QED) is 0.471. The average Bonchev–Trinajstić information content (AvgIpc) is 2.76. The van der Waals surface area contributed by atoms with E-state index in [1.165, 1.54) is 40.3 Å². The summed E-state index contributed by atoms with van der Waals surface area (Å²) in [6, 6.07) is 13.9. The van der Waals surface area contributed by atoms with Crippen LogP contribution >= 0.6 is 0 Å². The van der Waals surface area contributed by atoms with Crippen LogP contribution in [0.3, 0.4) is 0 Å². The second-order valence-corrected chi connectivity index (χ2v) is 8.26. The minimum absolute atomic E-state index is 0.0220. The molecule has 0 aromatic heterocycles. The number of piperazine rings is 1. The van der Waals surface area contributed by atoms with Gasteiger partial charge in [-0.15, -0.1) is 0 Å². The van der Waals surface area contributed by atoms with Gasteiger partial charge in [0.15, 0.2) is 13.1 Å². The molecule has 1 aliphatic rings. The van der Waals surface area contributed by atoms with Crippen LogP contribution in [0, 0.1) is 5.82 Å². The number of benzene rings is 2. The molecule has 2 aromatic rings. The Balaban J connectivity index is 1.36. The number of halogens is 1. The van der Waals surface area contributed by atoms with Gasteiger partial charge in [0.2, 0.25) is 0 Å². The molecular weight excluding hydrogens is 395 g/mol. The van der Waals surface area contributed by atoms with Crippen LogP contribution in [0.2, 0.25) is 0 Å². The van der Waals surface area contributed by atoms with E-state index in [1.807, 2.05) is 12.1 Å². The molecule has 0 bridgehead atoms. The molecule has 0 saturated carbocycles. The predicted octanol–water partition coefficient (Wildman–Crippen LogP) is 0.529. The minimum Gasteiger partial charge on any atom is -0.321 e. The topological polar surface area (TPSA) is 67.1 Å². The summed E-state index contributed by atoms with van der Waals surface area (Å²) in [7, 11) is 0. The number of carbonyl (C=O) groups is 2. The van der Waals surface area contributed by atoms with E-state index >= 15 is 0 Å². The van der Waals surface area contributed by atoms with E-state index in [-0.39, 0.29) is 17.6 Å². The highest BCUT2D eigenvalue weighted by atomic mass is 19.1. The van der Waals surface area contributed by atoms with Crippen LogP contribution in [0.15, 0.2) is 48.5 Å². The van der Waals surface area contributed by atoms with Gasteiger partial charge < -0.3 is 20.4 Å². The summed E-state index contributed by atoms with van der Waals surface area (Å²) in [6.45, 7) is 6.37. The zero-order valence-corrected chi connectivity index (χ0v) is 18.2. The monoisotopic (exact) mass is 428 g/mol. The van der Waals surface area contributed by atoms with Gasteiger partial charge >= 0.3 is 0 Å². The van der Waals surface area contributed by atoms with E-state index in [0.717, 1.165) is 38.3 Å². The lowest BCUT2D eigenvalue weighted by molar-refractivity contribution is -1.00. The van der Waals surface area contributed by atoms with Crippen molar-refractivity contribution in [2.24, 2.45) is 0 Å². The summed E-state index contributed by atoms with van der Waals surface area (Å²) in [5.74, 6) is -0.380. The van der Waals surface area contributed by atoms with Gasteiger partial charge in [-0.25, -0.2) is 4.39 Å². The Hall–Kier alpha value is -2.77. The standard InChI is InChI=1S/C24H31FN4O2/c1-2-3-4-19-5-9-21(10-6-19)26-23(30)17-28-13-15-29(16-14-28)18-24(31)27-22-11-7-20(25)8-12-22/h5-12H,2-4,13-18H2,1H3,(H,26,30)(H,27,31)/p+2. The van der Waals surface area contributed by atoms with E-state index in [0.29, 0.717) is 18.8 Å². The maximum absolute atomic E-state index is 13.0. The van der Waals surface area contributed by atoms with Gasteiger partial charge in [-0.2, -0.15) is 0 Å². The summed E-state index contributed by atoms with van der Waals surface area (Å²) in [5.41, 5.74) is 2.74. The molecule has 0 radical (unpaired) electrons. The number of hydrogen-bond donors (Lipinski definition) is 4. The highest BCUT2D eigenvalue weighted by Crippen LogP contribution is 2.11. The fourth-order valence-electron chi connectivity index (χ4n) is 3.84. The van der Waals surface area contributed by atoms with Crippen LogP contribution in [0.5, 0.6) is 0 Å². The normalized spacial score (nSPS) is 18.4. The number of nitrogens with one attached hydrogen (secondary N) is 4. The molecule has 0 atom stereocenters. The van der Waals surface area contributed by atoms with Crippen molar-refractivity contribution >= 4 is 23.2 Å². The number of carbonyl (C=O) groups excluding carboxylic acids is 2. The van der Waals surface area contributed by atoms with Crippen molar-refractivity contribution in [2.75, 3.05) is 49.9 Å². The molecule has 1 heterocycles. The van der Waals surface area contributed by atoms with Crippen molar-refractivity contribution in [3.05, 3.63) is 59.9 Å². The van der Waals surface area contributed by atoms with Crippen LogP contribution in [-0.2, 0) is 16.0 Å². The Kier molecular flexibility index (Phi) is 8.55. The van der Waals surface area contributed by atoms with Crippen molar-refractivity contribution in [3.8, 4) is 0 Å². The van der Waals surface area contributed by atoms with Gasteiger partial charge in [0.1, 0.15) is 32.0 Å². The van der Waals surface area contributed by atoms with Gasteiger partial charge in [-0.05, 0) is 54.8 Å². The third-order valence-corrected chi connectivity index (χ3v) is 5.67. The van der Waals surface area contributed by atoms with Crippen LogP contribution in [0.25, 0.3) is 0 Å². The molecule has 0 unspecified atom stereocenters. The van der Waals surface area contributed by atoms with Crippen molar-refractivity contribution < 1.29 is 23.8 Å². The number of rotatable bonds is 9. The Bertz CT molecular complexity index is 847. The van der Waals surface area contributed by atoms with Gasteiger partial charge in [0.25, 0.3) is 11.8 Å². The Morgan fingerprint density at radius 3 is 1.71 bits per heavy atom. The second kappa shape index (κ2) is 11.6. The SMILES string of the molecule is CCCCc1ccc(NC(=O)C[NH+]2CC[NH+](CC(=O)Nc3ccc(F)cc3)CC2)cc1. The van der Waals surface area contributed by atoms with Crippen LogP contribution in [-0.4, -0.2) is 51.1 Å². The van der Waals surface area contributed by atoms with Crippen LogP contribution in [0.4, 0.5) is 15.8 Å². The largest absolute Gasteiger partial charge is 0.321 e. The van der Waals surface area contributed by atoms with Crippen LogP contribution in [0.1, 0.15) is 25.3 Å². The van der Waals surface area contributed by atoms with Crippen molar-refractivity contribution in [2.45, 2.75) is 26.2 Å². The number of unbranched alkanes of at least 4 members (excludes halogenated alkanes) is 1. The first-order valence-electron chi connectivity index (χ1n) is 11.1.